The molecule has 0 atom stereocenters. The molecule has 1 N–H and O–H groups in total. The van der Waals surface area contributed by atoms with Crippen LogP contribution in [0.5, 0.6) is 0 Å². The lowest BCUT2D eigenvalue weighted by Gasteiger charge is -2.08. The molecule has 2 aromatic rings. The van der Waals surface area contributed by atoms with Gasteiger partial charge in [0.05, 0.1) is 15.2 Å². The summed E-state index contributed by atoms with van der Waals surface area (Å²) in [5.41, 5.74) is 2.29. The molecule has 0 spiro atoms. The van der Waals surface area contributed by atoms with Crippen molar-refractivity contribution >= 4 is 33.2 Å². The van der Waals surface area contributed by atoms with E-state index in [9.17, 15) is 0 Å². The van der Waals surface area contributed by atoms with Crippen molar-refractivity contribution in [3.05, 3.63) is 51.7 Å². The van der Waals surface area contributed by atoms with E-state index >= 15 is 0 Å². The van der Waals surface area contributed by atoms with E-state index in [1.54, 1.807) is 0 Å². The molecule has 18 heavy (non-hydrogen) atoms. The van der Waals surface area contributed by atoms with Crippen LogP contribution in [0.25, 0.3) is 0 Å². The van der Waals surface area contributed by atoms with Crippen LogP contribution >= 0.6 is 27.5 Å². The van der Waals surface area contributed by atoms with Gasteiger partial charge in [-0.15, -0.1) is 0 Å². The molecule has 1 aromatic carbocycles. The smallest absolute Gasteiger partial charge is 0.0593 e. The number of rotatable bonds is 5. The molecule has 1 aromatic heterocycles. The van der Waals surface area contributed by atoms with E-state index < -0.39 is 0 Å². The first-order chi connectivity index (χ1) is 8.70. The maximum absolute atomic E-state index is 6.05. The quantitative estimate of drug-likeness (QED) is 0.824. The summed E-state index contributed by atoms with van der Waals surface area (Å²) in [5, 5.41) is 4.11. The molecular formula is C14H16BrClN2. The predicted octanol–water partition coefficient (Wildman–Crippen LogP) is 4.93. The summed E-state index contributed by atoms with van der Waals surface area (Å²) in [6, 6.07) is 7.96. The Balaban J connectivity index is 2.00. The summed E-state index contributed by atoms with van der Waals surface area (Å²) < 4.78 is 3.13. The average molecular weight is 328 g/mol. The standard InChI is InChI=1S/C14H16BrClN2/c1-2-7-18-8-6-11(10-18)9-17-13-5-3-4-12(16)14(13)15/h3-6,8,10,17H,2,7,9H2,1H3. The van der Waals surface area contributed by atoms with Gasteiger partial charge in [-0.05, 0) is 46.1 Å². The van der Waals surface area contributed by atoms with Gasteiger partial charge in [-0.25, -0.2) is 0 Å². The third-order valence-corrected chi connectivity index (χ3v) is 4.13. The Labute approximate surface area is 121 Å². The zero-order chi connectivity index (χ0) is 13.0. The molecule has 0 aliphatic carbocycles. The molecule has 0 saturated carbocycles. The van der Waals surface area contributed by atoms with E-state index in [0.29, 0.717) is 0 Å². The number of nitrogens with one attached hydrogen (secondary N) is 1. The van der Waals surface area contributed by atoms with Crippen molar-refractivity contribution < 1.29 is 0 Å². The minimum absolute atomic E-state index is 0.726. The molecule has 1 heterocycles. The highest BCUT2D eigenvalue weighted by molar-refractivity contribution is 9.10. The Kier molecular flexibility index (Phi) is 4.72. The van der Waals surface area contributed by atoms with Crippen molar-refractivity contribution in [2.24, 2.45) is 0 Å². The second-order valence-corrected chi connectivity index (χ2v) is 5.41. The van der Waals surface area contributed by atoms with Crippen LogP contribution in [0.15, 0.2) is 41.1 Å². The van der Waals surface area contributed by atoms with Crippen LogP contribution in [-0.2, 0) is 13.1 Å². The molecule has 0 aliphatic rings. The van der Waals surface area contributed by atoms with E-state index in [-0.39, 0.29) is 0 Å². The number of anilines is 1. The minimum Gasteiger partial charge on any atom is -0.380 e. The minimum atomic E-state index is 0.726. The predicted molar refractivity (Wildman–Crippen MR) is 81.2 cm³/mol. The third kappa shape index (κ3) is 3.30. The lowest BCUT2D eigenvalue weighted by Crippen LogP contribution is -1.99. The number of aromatic nitrogens is 1. The summed E-state index contributed by atoms with van der Waals surface area (Å²) in [6.45, 7) is 4.05. The molecule has 0 amide bonds. The van der Waals surface area contributed by atoms with Crippen LogP contribution in [0, 0.1) is 0 Å². The van der Waals surface area contributed by atoms with Gasteiger partial charge < -0.3 is 9.88 Å². The first-order valence-electron chi connectivity index (χ1n) is 6.03. The largest absolute Gasteiger partial charge is 0.380 e. The Morgan fingerprint density at radius 1 is 1.33 bits per heavy atom. The highest BCUT2D eigenvalue weighted by Crippen LogP contribution is 2.30. The fourth-order valence-corrected chi connectivity index (χ4v) is 2.41. The first-order valence-corrected chi connectivity index (χ1v) is 7.20. The fourth-order valence-electron chi connectivity index (χ4n) is 1.83. The van der Waals surface area contributed by atoms with Crippen LogP contribution in [-0.4, -0.2) is 4.57 Å². The van der Waals surface area contributed by atoms with Crippen LogP contribution in [0.1, 0.15) is 18.9 Å². The van der Waals surface area contributed by atoms with E-state index in [2.05, 4.69) is 51.2 Å². The Morgan fingerprint density at radius 2 is 2.17 bits per heavy atom. The summed E-state index contributed by atoms with van der Waals surface area (Å²) in [6.07, 6.45) is 5.45. The highest BCUT2D eigenvalue weighted by atomic mass is 79.9. The molecule has 0 bridgehead atoms. The van der Waals surface area contributed by atoms with Gasteiger partial charge in [0.1, 0.15) is 0 Å². The normalized spacial score (nSPS) is 10.6. The Morgan fingerprint density at radius 3 is 2.94 bits per heavy atom. The van der Waals surface area contributed by atoms with Crippen molar-refractivity contribution in [3.63, 3.8) is 0 Å². The molecule has 0 aliphatic heterocycles. The molecule has 4 heteroatoms. The zero-order valence-electron chi connectivity index (χ0n) is 10.3. The van der Waals surface area contributed by atoms with Gasteiger partial charge in [-0.2, -0.15) is 0 Å². The average Bonchev–Trinajstić information content (AvgIpc) is 2.79. The summed E-state index contributed by atoms with van der Waals surface area (Å²) in [4.78, 5) is 0. The van der Waals surface area contributed by atoms with Crippen LogP contribution in [0.4, 0.5) is 5.69 Å². The van der Waals surface area contributed by atoms with Gasteiger partial charge in [-0.3, -0.25) is 0 Å². The molecule has 0 fully saturated rings. The number of halogens is 2. The van der Waals surface area contributed by atoms with Gasteiger partial charge >= 0.3 is 0 Å². The third-order valence-electron chi connectivity index (χ3n) is 2.73. The molecule has 0 unspecified atom stereocenters. The second-order valence-electron chi connectivity index (χ2n) is 4.21. The van der Waals surface area contributed by atoms with Crippen molar-refractivity contribution in [3.8, 4) is 0 Å². The van der Waals surface area contributed by atoms with Crippen molar-refractivity contribution in [1.29, 1.82) is 0 Å². The molecule has 96 valence electrons. The number of nitrogens with zero attached hydrogens (tertiary/aromatic N) is 1. The molecule has 0 saturated heterocycles. The lowest BCUT2D eigenvalue weighted by molar-refractivity contribution is 0.681. The fraction of sp³-hybridized carbons (Fsp3) is 0.286. The van der Waals surface area contributed by atoms with Gasteiger partial charge in [0, 0.05) is 25.5 Å². The molecule has 0 radical (unpaired) electrons. The van der Waals surface area contributed by atoms with Gasteiger partial charge in [0.15, 0.2) is 0 Å². The lowest BCUT2D eigenvalue weighted by atomic mass is 10.3. The Hall–Kier alpha value is -0.930. The van der Waals surface area contributed by atoms with Gasteiger partial charge in [0.2, 0.25) is 0 Å². The maximum Gasteiger partial charge on any atom is 0.0593 e. The molecule has 2 rings (SSSR count). The monoisotopic (exact) mass is 326 g/mol. The van der Waals surface area contributed by atoms with Crippen LogP contribution in [0.3, 0.4) is 0 Å². The van der Waals surface area contributed by atoms with Gasteiger partial charge in [0.25, 0.3) is 0 Å². The van der Waals surface area contributed by atoms with Crippen LogP contribution < -0.4 is 5.32 Å². The van der Waals surface area contributed by atoms with Crippen molar-refractivity contribution in [2.75, 3.05) is 5.32 Å². The molecule has 2 nitrogen and oxygen atoms in total. The SMILES string of the molecule is CCCn1ccc(CNc2cccc(Cl)c2Br)c1. The topological polar surface area (TPSA) is 17.0 Å². The Bertz CT molecular complexity index is 522. The first kappa shape index (κ1) is 13.5. The van der Waals surface area contributed by atoms with Crippen LogP contribution in [0.2, 0.25) is 5.02 Å². The van der Waals surface area contributed by atoms with E-state index in [1.165, 1.54) is 5.56 Å². The number of hydrogen-bond acceptors (Lipinski definition) is 1. The number of aryl methyl sites for hydroxylation is 1. The second kappa shape index (κ2) is 6.30. The van der Waals surface area contributed by atoms with E-state index in [0.717, 1.165) is 34.7 Å². The summed E-state index contributed by atoms with van der Waals surface area (Å²) >= 11 is 9.53. The summed E-state index contributed by atoms with van der Waals surface area (Å²) in [7, 11) is 0. The molecular weight excluding hydrogens is 312 g/mol. The van der Waals surface area contributed by atoms with E-state index in [1.807, 2.05) is 18.2 Å². The van der Waals surface area contributed by atoms with Crippen molar-refractivity contribution in [1.82, 2.24) is 4.57 Å². The van der Waals surface area contributed by atoms with Crippen molar-refractivity contribution in [2.45, 2.75) is 26.4 Å². The maximum atomic E-state index is 6.05. The van der Waals surface area contributed by atoms with Gasteiger partial charge in [-0.1, -0.05) is 24.6 Å². The number of benzene rings is 1. The summed E-state index contributed by atoms with van der Waals surface area (Å²) in [5.74, 6) is 0. The number of hydrogen-bond donors (Lipinski definition) is 1. The zero-order valence-corrected chi connectivity index (χ0v) is 12.6. The van der Waals surface area contributed by atoms with E-state index in [4.69, 9.17) is 11.6 Å². The highest BCUT2D eigenvalue weighted by Gasteiger charge is 2.03.